The van der Waals surface area contributed by atoms with Crippen LogP contribution in [0.2, 0.25) is 0 Å². The van der Waals surface area contributed by atoms with Crippen LogP contribution in [0.15, 0.2) is 35.0 Å². The summed E-state index contributed by atoms with van der Waals surface area (Å²) in [5.74, 6) is -2.45. The van der Waals surface area contributed by atoms with Gasteiger partial charge in [-0.05, 0) is 37.0 Å². The van der Waals surface area contributed by atoms with Crippen molar-refractivity contribution in [1.82, 2.24) is 20.2 Å². The molecule has 140 valence electrons. The molecule has 0 radical (unpaired) electrons. The van der Waals surface area contributed by atoms with Gasteiger partial charge in [-0.15, -0.1) is 10.2 Å². The molecular formula is C17H13F4N5O. The average Bonchev–Trinajstić information content (AvgIpc) is 3.12. The highest BCUT2D eigenvalue weighted by Gasteiger charge is 2.39. The summed E-state index contributed by atoms with van der Waals surface area (Å²) in [5, 5.41) is 9.94. The normalized spacial score (nSPS) is 15.6. The first-order chi connectivity index (χ1) is 13.0. The minimum atomic E-state index is -2.86. The molecule has 0 spiro atoms. The first-order valence-electron chi connectivity index (χ1n) is 8.14. The summed E-state index contributed by atoms with van der Waals surface area (Å²) in [6.07, 6.45) is 2.20. The molecule has 1 aliphatic rings. The molecule has 1 aliphatic carbocycles. The van der Waals surface area contributed by atoms with Gasteiger partial charge in [-0.25, -0.2) is 18.7 Å². The van der Waals surface area contributed by atoms with Crippen molar-refractivity contribution < 1.29 is 22.0 Å². The minimum absolute atomic E-state index is 0.115. The van der Waals surface area contributed by atoms with E-state index in [9.17, 15) is 17.6 Å². The SMILES string of the molecule is Fc1ccc(C2(Nc3ncc(-c4nnc(C(F)F)o4)cn3)CCC2)cc1F. The molecule has 1 fully saturated rings. The molecule has 0 saturated heterocycles. The van der Waals surface area contributed by atoms with Gasteiger partial charge in [-0.1, -0.05) is 6.07 Å². The Morgan fingerprint density at radius 1 is 1.04 bits per heavy atom. The molecule has 1 N–H and O–H groups in total. The zero-order chi connectivity index (χ0) is 19.0. The van der Waals surface area contributed by atoms with E-state index < -0.39 is 29.5 Å². The second-order valence-electron chi connectivity index (χ2n) is 6.23. The molecule has 0 bridgehead atoms. The molecule has 27 heavy (non-hydrogen) atoms. The lowest BCUT2D eigenvalue weighted by Gasteiger charge is -2.43. The van der Waals surface area contributed by atoms with Gasteiger partial charge in [0.05, 0.1) is 11.1 Å². The van der Waals surface area contributed by atoms with Crippen molar-refractivity contribution in [3.8, 4) is 11.5 Å². The van der Waals surface area contributed by atoms with Gasteiger partial charge in [0.25, 0.3) is 11.8 Å². The van der Waals surface area contributed by atoms with E-state index >= 15 is 0 Å². The van der Waals surface area contributed by atoms with E-state index in [-0.39, 0.29) is 17.4 Å². The summed E-state index contributed by atoms with van der Waals surface area (Å²) < 4.78 is 56.7. The number of nitrogens with zero attached hydrogens (tertiary/aromatic N) is 4. The maximum atomic E-state index is 13.6. The number of alkyl halides is 2. The van der Waals surface area contributed by atoms with Gasteiger partial charge in [-0.2, -0.15) is 8.78 Å². The first-order valence-corrected chi connectivity index (χ1v) is 8.14. The molecule has 6 nitrogen and oxygen atoms in total. The van der Waals surface area contributed by atoms with Crippen LogP contribution < -0.4 is 5.32 Å². The van der Waals surface area contributed by atoms with E-state index in [1.807, 2.05) is 0 Å². The molecular weight excluding hydrogens is 366 g/mol. The summed E-state index contributed by atoms with van der Waals surface area (Å²) in [4.78, 5) is 8.27. The molecule has 1 saturated carbocycles. The highest BCUT2D eigenvalue weighted by Crippen LogP contribution is 2.43. The smallest absolute Gasteiger partial charge is 0.314 e. The fourth-order valence-electron chi connectivity index (χ4n) is 2.97. The summed E-state index contributed by atoms with van der Waals surface area (Å²) in [6.45, 7) is 0. The van der Waals surface area contributed by atoms with E-state index in [1.165, 1.54) is 24.5 Å². The van der Waals surface area contributed by atoms with Crippen LogP contribution in [0, 0.1) is 11.6 Å². The zero-order valence-electron chi connectivity index (χ0n) is 13.8. The van der Waals surface area contributed by atoms with Crippen LogP contribution in [-0.2, 0) is 5.54 Å². The Morgan fingerprint density at radius 3 is 2.33 bits per heavy atom. The maximum absolute atomic E-state index is 13.6. The van der Waals surface area contributed by atoms with Gasteiger partial charge in [0.2, 0.25) is 5.95 Å². The topological polar surface area (TPSA) is 76.7 Å². The Morgan fingerprint density at radius 2 is 1.78 bits per heavy atom. The van der Waals surface area contributed by atoms with Crippen molar-refractivity contribution in [3.63, 3.8) is 0 Å². The summed E-state index contributed by atoms with van der Waals surface area (Å²) in [7, 11) is 0. The molecule has 10 heteroatoms. The molecule has 0 aliphatic heterocycles. The Kier molecular flexibility index (Phi) is 4.25. The van der Waals surface area contributed by atoms with E-state index in [0.29, 0.717) is 18.4 Å². The minimum Gasteiger partial charge on any atom is -0.415 e. The van der Waals surface area contributed by atoms with E-state index in [1.54, 1.807) is 0 Å². The van der Waals surface area contributed by atoms with E-state index in [2.05, 4.69) is 25.5 Å². The zero-order valence-corrected chi connectivity index (χ0v) is 13.8. The molecule has 0 atom stereocenters. The van der Waals surface area contributed by atoms with Gasteiger partial charge in [0, 0.05) is 12.4 Å². The van der Waals surface area contributed by atoms with Gasteiger partial charge in [0.15, 0.2) is 11.6 Å². The van der Waals surface area contributed by atoms with Crippen molar-refractivity contribution in [2.45, 2.75) is 31.2 Å². The molecule has 1 aromatic carbocycles. The summed E-state index contributed by atoms with van der Waals surface area (Å²) >= 11 is 0. The summed E-state index contributed by atoms with van der Waals surface area (Å²) in [5.41, 5.74) is 0.317. The Hall–Kier alpha value is -3.04. The second kappa shape index (κ2) is 6.60. The van der Waals surface area contributed by atoms with Gasteiger partial charge in [0.1, 0.15) is 0 Å². The number of anilines is 1. The van der Waals surface area contributed by atoms with Crippen LogP contribution in [0.25, 0.3) is 11.5 Å². The Balaban J connectivity index is 1.55. The molecule has 0 unspecified atom stereocenters. The molecule has 0 amide bonds. The predicted octanol–water partition coefficient (Wildman–Crippen LogP) is 4.23. The number of halogens is 4. The number of benzene rings is 1. The standard InChI is InChI=1S/C17H13F4N5O/c18-11-3-2-10(6-12(11)19)17(4-1-5-17)24-16-22-7-9(8-23-16)14-25-26-15(27-14)13(20)21/h2-3,6-8,13H,1,4-5H2,(H,22,23,24). The lowest BCUT2D eigenvalue weighted by atomic mass is 9.72. The maximum Gasteiger partial charge on any atom is 0.314 e. The molecule has 2 heterocycles. The quantitative estimate of drug-likeness (QED) is 0.669. The van der Waals surface area contributed by atoms with Crippen LogP contribution in [0.3, 0.4) is 0 Å². The molecule has 2 aromatic heterocycles. The highest BCUT2D eigenvalue weighted by atomic mass is 19.3. The highest BCUT2D eigenvalue weighted by molar-refractivity contribution is 5.51. The van der Waals surface area contributed by atoms with Crippen molar-refractivity contribution in [1.29, 1.82) is 0 Å². The van der Waals surface area contributed by atoms with Crippen molar-refractivity contribution in [2.24, 2.45) is 0 Å². The average molecular weight is 379 g/mol. The Bertz CT molecular complexity index is 956. The third kappa shape index (κ3) is 3.22. The van der Waals surface area contributed by atoms with Crippen LogP contribution in [0.5, 0.6) is 0 Å². The largest absolute Gasteiger partial charge is 0.415 e. The van der Waals surface area contributed by atoms with E-state index in [0.717, 1.165) is 12.5 Å². The third-order valence-electron chi connectivity index (χ3n) is 4.56. The lowest BCUT2D eigenvalue weighted by Crippen LogP contribution is -2.42. The number of rotatable bonds is 5. The van der Waals surface area contributed by atoms with Crippen LogP contribution >= 0.6 is 0 Å². The second-order valence-corrected chi connectivity index (χ2v) is 6.23. The van der Waals surface area contributed by atoms with Crippen LogP contribution in [0.1, 0.15) is 37.1 Å². The fourth-order valence-corrected chi connectivity index (χ4v) is 2.97. The van der Waals surface area contributed by atoms with E-state index in [4.69, 9.17) is 4.42 Å². The predicted molar refractivity (Wildman–Crippen MR) is 85.8 cm³/mol. The van der Waals surface area contributed by atoms with Gasteiger partial charge >= 0.3 is 6.43 Å². The fraction of sp³-hybridized carbons (Fsp3) is 0.294. The lowest BCUT2D eigenvalue weighted by molar-refractivity contribution is 0.116. The van der Waals surface area contributed by atoms with Gasteiger partial charge < -0.3 is 9.73 Å². The van der Waals surface area contributed by atoms with Gasteiger partial charge in [-0.3, -0.25) is 0 Å². The van der Waals surface area contributed by atoms with Crippen molar-refractivity contribution in [3.05, 3.63) is 53.7 Å². The third-order valence-corrected chi connectivity index (χ3v) is 4.56. The molecule has 4 rings (SSSR count). The summed E-state index contributed by atoms with van der Waals surface area (Å²) in [6, 6.07) is 3.79. The Labute approximate surface area is 150 Å². The number of nitrogens with one attached hydrogen (secondary N) is 1. The van der Waals surface area contributed by atoms with Crippen molar-refractivity contribution in [2.75, 3.05) is 5.32 Å². The number of aromatic nitrogens is 4. The van der Waals surface area contributed by atoms with Crippen molar-refractivity contribution >= 4 is 5.95 Å². The monoisotopic (exact) mass is 379 g/mol. The first kappa shape index (κ1) is 17.4. The number of hydrogen-bond donors (Lipinski definition) is 1. The number of hydrogen-bond acceptors (Lipinski definition) is 6. The van der Waals surface area contributed by atoms with Crippen LogP contribution in [-0.4, -0.2) is 20.2 Å². The molecule has 3 aromatic rings. The van der Waals surface area contributed by atoms with Crippen LogP contribution in [0.4, 0.5) is 23.5 Å².